The summed E-state index contributed by atoms with van der Waals surface area (Å²) in [6, 6.07) is 22.7. The third kappa shape index (κ3) is 2.77. The number of benzene rings is 3. The first-order valence-electron chi connectivity index (χ1n) is 7.97. The molecule has 120 valence electrons. The minimum absolute atomic E-state index is 0.487. The molecule has 0 heterocycles. The van der Waals surface area contributed by atoms with Crippen LogP contribution in [0.2, 0.25) is 0 Å². The summed E-state index contributed by atoms with van der Waals surface area (Å²) in [6.07, 6.45) is 0.794. The van der Waals surface area contributed by atoms with Crippen LogP contribution in [0, 0.1) is 13.8 Å². The molecule has 1 N–H and O–H groups in total. The van der Waals surface area contributed by atoms with Crippen molar-refractivity contribution in [2.75, 3.05) is 0 Å². The van der Waals surface area contributed by atoms with Crippen LogP contribution in [-0.2, 0) is 5.60 Å². The number of carbonyl (C=O) groups is 1. The molecule has 2 nitrogen and oxygen atoms in total. The van der Waals surface area contributed by atoms with Gasteiger partial charge in [0.25, 0.3) is 0 Å². The quantitative estimate of drug-likeness (QED) is 0.572. The van der Waals surface area contributed by atoms with Crippen LogP contribution >= 0.6 is 0 Å². The summed E-state index contributed by atoms with van der Waals surface area (Å²) in [4.78, 5) is 11.5. The molecule has 0 amide bonds. The maximum atomic E-state index is 11.8. The Balaban J connectivity index is 2.30. The summed E-state index contributed by atoms with van der Waals surface area (Å²) < 4.78 is 0. The van der Waals surface area contributed by atoms with Gasteiger partial charge in [0, 0.05) is 11.1 Å². The lowest BCUT2D eigenvalue weighted by atomic mass is 9.78. The van der Waals surface area contributed by atoms with Crippen LogP contribution in [0.4, 0.5) is 0 Å². The van der Waals surface area contributed by atoms with Gasteiger partial charge < -0.3 is 5.11 Å². The number of aryl methyl sites for hydroxylation is 2. The van der Waals surface area contributed by atoms with Crippen LogP contribution in [0.3, 0.4) is 0 Å². The van der Waals surface area contributed by atoms with Crippen molar-refractivity contribution in [3.8, 4) is 0 Å². The Morgan fingerprint density at radius 2 is 1.21 bits per heavy atom. The number of hydrogen-bond donors (Lipinski definition) is 1. The van der Waals surface area contributed by atoms with Crippen molar-refractivity contribution in [1.82, 2.24) is 0 Å². The Bertz CT molecular complexity index is 800. The van der Waals surface area contributed by atoms with E-state index >= 15 is 0 Å². The van der Waals surface area contributed by atoms with Crippen LogP contribution in [0.5, 0.6) is 0 Å². The van der Waals surface area contributed by atoms with E-state index in [1.54, 1.807) is 12.1 Å². The van der Waals surface area contributed by atoms with Crippen molar-refractivity contribution in [1.29, 1.82) is 0 Å². The summed E-state index contributed by atoms with van der Waals surface area (Å²) in [5.74, 6) is 0. The van der Waals surface area contributed by atoms with Crippen molar-refractivity contribution in [3.05, 3.63) is 106 Å². The highest BCUT2D eigenvalue weighted by atomic mass is 16.3. The van der Waals surface area contributed by atoms with Gasteiger partial charge in [0.1, 0.15) is 11.9 Å². The number of hydrogen-bond acceptors (Lipinski definition) is 2. The van der Waals surface area contributed by atoms with Crippen molar-refractivity contribution < 1.29 is 9.90 Å². The average Bonchev–Trinajstić information content (AvgIpc) is 2.62. The van der Waals surface area contributed by atoms with Crippen LogP contribution in [0.15, 0.2) is 72.8 Å². The molecule has 3 rings (SSSR count). The summed E-state index contributed by atoms with van der Waals surface area (Å²) in [5.41, 5.74) is 3.42. The second-order valence-electron chi connectivity index (χ2n) is 6.15. The summed E-state index contributed by atoms with van der Waals surface area (Å²) in [7, 11) is 0. The normalized spacial score (nSPS) is 11.3. The first-order chi connectivity index (χ1) is 11.6. The van der Waals surface area contributed by atoms with Gasteiger partial charge in [-0.15, -0.1) is 0 Å². The van der Waals surface area contributed by atoms with Crippen LogP contribution in [-0.4, -0.2) is 11.4 Å². The SMILES string of the molecule is Cc1ccc(C(O)(c2ccc(C)cc2)c2ccccc2C=O)cc1. The van der Waals surface area contributed by atoms with Crippen molar-refractivity contribution in [3.63, 3.8) is 0 Å². The van der Waals surface area contributed by atoms with Gasteiger partial charge in [-0.25, -0.2) is 0 Å². The molecule has 0 spiro atoms. The fraction of sp³-hybridized carbons (Fsp3) is 0.136. The Kier molecular flexibility index (Phi) is 4.32. The first kappa shape index (κ1) is 16.2. The minimum atomic E-state index is -1.38. The lowest BCUT2D eigenvalue weighted by Gasteiger charge is -2.31. The van der Waals surface area contributed by atoms with Crippen molar-refractivity contribution >= 4 is 6.29 Å². The zero-order valence-corrected chi connectivity index (χ0v) is 13.9. The summed E-state index contributed by atoms with van der Waals surface area (Å²) in [6.45, 7) is 4.02. The van der Waals surface area contributed by atoms with Crippen molar-refractivity contribution in [2.45, 2.75) is 19.4 Å². The van der Waals surface area contributed by atoms with Gasteiger partial charge in [-0.1, -0.05) is 83.9 Å². The molecule has 0 aliphatic carbocycles. The first-order valence-corrected chi connectivity index (χ1v) is 7.97. The van der Waals surface area contributed by atoms with E-state index in [4.69, 9.17) is 0 Å². The van der Waals surface area contributed by atoms with Gasteiger partial charge in [0.15, 0.2) is 0 Å². The summed E-state index contributed by atoms with van der Waals surface area (Å²) >= 11 is 0. The molecule has 3 aromatic rings. The average molecular weight is 316 g/mol. The molecule has 24 heavy (non-hydrogen) atoms. The lowest BCUT2D eigenvalue weighted by Crippen LogP contribution is -2.30. The van der Waals surface area contributed by atoms with Gasteiger partial charge >= 0.3 is 0 Å². The third-order valence-electron chi connectivity index (χ3n) is 4.42. The van der Waals surface area contributed by atoms with E-state index in [1.165, 1.54) is 0 Å². The second kappa shape index (κ2) is 6.42. The van der Waals surface area contributed by atoms with Crippen molar-refractivity contribution in [2.24, 2.45) is 0 Å². The van der Waals surface area contributed by atoms with E-state index in [1.807, 2.05) is 74.5 Å². The standard InChI is InChI=1S/C22H20O2/c1-16-7-11-19(12-8-16)22(24,20-13-9-17(2)10-14-20)21-6-4-3-5-18(21)15-23/h3-15,24H,1-2H3. The molecule has 0 saturated heterocycles. The van der Waals surface area contributed by atoms with E-state index in [0.717, 1.165) is 28.5 Å². The minimum Gasteiger partial charge on any atom is -0.376 e. The van der Waals surface area contributed by atoms with E-state index in [2.05, 4.69) is 0 Å². The molecule has 0 atom stereocenters. The maximum absolute atomic E-state index is 11.8. The molecule has 0 aromatic heterocycles. The Hall–Kier alpha value is -2.71. The molecular formula is C22H20O2. The molecule has 0 aliphatic heterocycles. The third-order valence-corrected chi connectivity index (χ3v) is 4.42. The van der Waals surface area contributed by atoms with Crippen LogP contribution in [0.1, 0.15) is 38.2 Å². The number of aliphatic hydroxyl groups is 1. The Labute approximate surface area is 142 Å². The Morgan fingerprint density at radius 3 is 1.67 bits per heavy atom. The number of rotatable bonds is 4. The van der Waals surface area contributed by atoms with Gasteiger partial charge in [0.2, 0.25) is 0 Å². The molecule has 3 aromatic carbocycles. The molecular weight excluding hydrogens is 296 g/mol. The zero-order chi connectivity index (χ0) is 17.2. The lowest BCUT2D eigenvalue weighted by molar-refractivity contribution is 0.108. The molecule has 0 bridgehead atoms. The number of aldehydes is 1. The summed E-state index contributed by atoms with van der Waals surface area (Å²) in [5, 5.41) is 11.8. The molecule has 0 aliphatic rings. The van der Waals surface area contributed by atoms with Crippen LogP contribution in [0.25, 0.3) is 0 Å². The van der Waals surface area contributed by atoms with Gasteiger partial charge in [-0.2, -0.15) is 0 Å². The molecule has 0 fully saturated rings. The topological polar surface area (TPSA) is 37.3 Å². The largest absolute Gasteiger partial charge is 0.376 e. The predicted molar refractivity (Wildman–Crippen MR) is 96.3 cm³/mol. The monoisotopic (exact) mass is 316 g/mol. The van der Waals surface area contributed by atoms with E-state index in [-0.39, 0.29) is 0 Å². The van der Waals surface area contributed by atoms with Gasteiger partial charge in [-0.3, -0.25) is 4.79 Å². The second-order valence-corrected chi connectivity index (χ2v) is 6.15. The van der Waals surface area contributed by atoms with E-state index in [9.17, 15) is 9.90 Å². The van der Waals surface area contributed by atoms with E-state index < -0.39 is 5.60 Å². The Morgan fingerprint density at radius 1 is 0.750 bits per heavy atom. The van der Waals surface area contributed by atoms with Crippen LogP contribution < -0.4 is 0 Å². The highest BCUT2D eigenvalue weighted by Crippen LogP contribution is 2.38. The van der Waals surface area contributed by atoms with Gasteiger partial charge in [0.05, 0.1) is 0 Å². The molecule has 0 unspecified atom stereocenters. The molecule has 2 heteroatoms. The highest BCUT2D eigenvalue weighted by molar-refractivity contribution is 5.79. The molecule has 0 radical (unpaired) electrons. The van der Waals surface area contributed by atoms with E-state index in [0.29, 0.717) is 11.1 Å². The maximum Gasteiger partial charge on any atom is 0.150 e. The zero-order valence-electron chi connectivity index (χ0n) is 13.9. The fourth-order valence-electron chi connectivity index (χ4n) is 3.00. The van der Waals surface area contributed by atoms with Gasteiger partial charge in [-0.05, 0) is 25.0 Å². The smallest absolute Gasteiger partial charge is 0.150 e. The predicted octanol–water partition coefficient (Wildman–Crippen LogP) is 4.40. The fourth-order valence-corrected chi connectivity index (χ4v) is 3.00. The number of carbonyl (C=O) groups excluding carboxylic acids is 1. The highest BCUT2D eigenvalue weighted by Gasteiger charge is 2.35. The molecule has 0 saturated carbocycles.